The smallest absolute Gasteiger partial charge is 0.317 e. The molecule has 19 heavy (non-hydrogen) atoms. The first-order valence-electron chi connectivity index (χ1n) is 6.16. The molecule has 0 saturated heterocycles. The minimum atomic E-state index is -1.53. The molecule has 1 fully saturated rings. The van der Waals surface area contributed by atoms with E-state index in [1.807, 2.05) is 0 Å². The maximum absolute atomic E-state index is 13.1. The Labute approximate surface area is 109 Å². The Kier molecular flexibility index (Phi) is 3.64. The second kappa shape index (κ2) is 5.07. The van der Waals surface area contributed by atoms with Crippen LogP contribution in [0.4, 0.5) is 8.78 Å². The third-order valence-electron chi connectivity index (χ3n) is 3.63. The number of rotatable bonds is 3. The Morgan fingerprint density at radius 2 is 1.84 bits per heavy atom. The molecule has 1 aliphatic rings. The monoisotopic (exact) mass is 268 g/mol. The molecule has 1 saturated carbocycles. The lowest BCUT2D eigenvalue weighted by atomic mass is 9.69. The first kappa shape index (κ1) is 13.6. The summed E-state index contributed by atoms with van der Waals surface area (Å²) < 4.78 is 26.3. The predicted molar refractivity (Wildman–Crippen MR) is 63.6 cm³/mol. The third-order valence-corrected chi connectivity index (χ3v) is 3.63. The number of ketones is 1. The highest BCUT2D eigenvalue weighted by Crippen LogP contribution is 2.37. The van der Waals surface area contributed by atoms with Crippen molar-refractivity contribution >= 4 is 11.8 Å². The minimum absolute atomic E-state index is 0.157. The SMILES string of the molecule is O=C(O)C1(Cc2cc(F)cc(F)c2)CCCCC1=O. The maximum atomic E-state index is 13.1. The molecule has 1 N–H and O–H groups in total. The molecule has 2 rings (SSSR count). The zero-order valence-electron chi connectivity index (χ0n) is 10.3. The van der Waals surface area contributed by atoms with Gasteiger partial charge in [-0.1, -0.05) is 6.42 Å². The van der Waals surface area contributed by atoms with Gasteiger partial charge in [0.05, 0.1) is 0 Å². The molecular weight excluding hydrogens is 254 g/mol. The van der Waals surface area contributed by atoms with Crippen LogP contribution in [0.25, 0.3) is 0 Å². The minimum Gasteiger partial charge on any atom is -0.480 e. The van der Waals surface area contributed by atoms with Gasteiger partial charge >= 0.3 is 5.97 Å². The van der Waals surface area contributed by atoms with E-state index in [2.05, 4.69) is 0 Å². The first-order valence-corrected chi connectivity index (χ1v) is 6.16. The number of carboxylic acids is 1. The lowest BCUT2D eigenvalue weighted by Gasteiger charge is -2.31. The van der Waals surface area contributed by atoms with Gasteiger partial charge in [-0.3, -0.25) is 9.59 Å². The average Bonchev–Trinajstić information content (AvgIpc) is 2.30. The fourth-order valence-electron chi connectivity index (χ4n) is 2.64. The van der Waals surface area contributed by atoms with Crippen molar-refractivity contribution in [3.05, 3.63) is 35.4 Å². The fraction of sp³-hybridized carbons (Fsp3) is 0.429. The molecule has 5 heteroatoms. The molecule has 3 nitrogen and oxygen atoms in total. The van der Waals surface area contributed by atoms with E-state index in [9.17, 15) is 23.5 Å². The molecule has 1 aromatic rings. The van der Waals surface area contributed by atoms with Gasteiger partial charge in [-0.2, -0.15) is 0 Å². The molecule has 0 bridgehead atoms. The van der Waals surface area contributed by atoms with Crippen LogP contribution in [0, 0.1) is 17.0 Å². The molecule has 0 radical (unpaired) electrons. The molecule has 1 aromatic carbocycles. The number of halogens is 2. The molecular formula is C14H14F2O3. The normalized spacial score (nSPS) is 23.4. The van der Waals surface area contributed by atoms with Crippen LogP contribution in [0.3, 0.4) is 0 Å². The van der Waals surface area contributed by atoms with E-state index in [0.717, 1.165) is 18.2 Å². The van der Waals surface area contributed by atoms with Crippen LogP contribution in [0.2, 0.25) is 0 Å². The summed E-state index contributed by atoms with van der Waals surface area (Å²) in [7, 11) is 0. The van der Waals surface area contributed by atoms with E-state index in [0.29, 0.717) is 12.8 Å². The molecule has 102 valence electrons. The third kappa shape index (κ3) is 2.64. The van der Waals surface area contributed by atoms with Crippen LogP contribution < -0.4 is 0 Å². The first-order chi connectivity index (χ1) is 8.94. The second-order valence-electron chi connectivity index (χ2n) is 4.97. The lowest BCUT2D eigenvalue weighted by molar-refractivity contribution is -0.157. The van der Waals surface area contributed by atoms with Crippen LogP contribution in [0.15, 0.2) is 18.2 Å². The fourth-order valence-corrected chi connectivity index (χ4v) is 2.64. The van der Waals surface area contributed by atoms with Gasteiger partial charge in [0.1, 0.15) is 17.0 Å². The summed E-state index contributed by atoms with van der Waals surface area (Å²) in [5.41, 5.74) is -1.33. The van der Waals surface area contributed by atoms with Crippen LogP contribution in [-0.2, 0) is 16.0 Å². The highest BCUT2D eigenvalue weighted by molar-refractivity contribution is 6.03. The number of hydrogen-bond acceptors (Lipinski definition) is 2. The molecule has 0 aromatic heterocycles. The van der Waals surface area contributed by atoms with Crippen LogP contribution in [0.1, 0.15) is 31.2 Å². The van der Waals surface area contributed by atoms with Crippen molar-refractivity contribution in [2.45, 2.75) is 32.1 Å². The zero-order chi connectivity index (χ0) is 14.0. The summed E-state index contributed by atoms with van der Waals surface area (Å²) in [6, 6.07) is 2.88. The summed E-state index contributed by atoms with van der Waals surface area (Å²) in [5, 5.41) is 9.35. The zero-order valence-corrected chi connectivity index (χ0v) is 10.3. The van der Waals surface area contributed by atoms with Crippen molar-refractivity contribution in [2.24, 2.45) is 5.41 Å². The van der Waals surface area contributed by atoms with Crippen molar-refractivity contribution in [1.82, 2.24) is 0 Å². The number of Topliss-reactive ketones (excluding diaryl/α,β-unsaturated/α-hetero) is 1. The van der Waals surface area contributed by atoms with Crippen molar-refractivity contribution < 1.29 is 23.5 Å². The Morgan fingerprint density at radius 1 is 1.21 bits per heavy atom. The van der Waals surface area contributed by atoms with Crippen molar-refractivity contribution in [1.29, 1.82) is 0 Å². The summed E-state index contributed by atoms with van der Waals surface area (Å²) in [6.07, 6.45) is 1.58. The molecule has 1 atom stereocenters. The molecule has 1 aliphatic carbocycles. The number of carbonyl (C=O) groups is 2. The summed E-state index contributed by atoms with van der Waals surface area (Å²) in [5.74, 6) is -3.09. The Bertz CT molecular complexity index is 507. The number of benzene rings is 1. The van der Waals surface area contributed by atoms with Gasteiger partial charge < -0.3 is 5.11 Å². The highest BCUT2D eigenvalue weighted by Gasteiger charge is 2.46. The van der Waals surface area contributed by atoms with Crippen LogP contribution in [-0.4, -0.2) is 16.9 Å². The topological polar surface area (TPSA) is 54.4 Å². The van der Waals surface area contributed by atoms with E-state index < -0.39 is 23.0 Å². The highest BCUT2D eigenvalue weighted by atomic mass is 19.1. The van der Waals surface area contributed by atoms with Gasteiger partial charge in [-0.25, -0.2) is 8.78 Å². The van der Waals surface area contributed by atoms with Gasteiger partial charge in [-0.05, 0) is 37.0 Å². The summed E-state index contributed by atoms with van der Waals surface area (Å²) >= 11 is 0. The Morgan fingerprint density at radius 3 is 2.37 bits per heavy atom. The van der Waals surface area contributed by atoms with E-state index in [4.69, 9.17) is 0 Å². The largest absolute Gasteiger partial charge is 0.480 e. The van der Waals surface area contributed by atoms with E-state index in [-0.39, 0.29) is 30.6 Å². The Hall–Kier alpha value is -1.78. The van der Waals surface area contributed by atoms with Crippen LogP contribution >= 0.6 is 0 Å². The maximum Gasteiger partial charge on any atom is 0.317 e. The molecule has 0 amide bonds. The van der Waals surface area contributed by atoms with Gasteiger partial charge in [-0.15, -0.1) is 0 Å². The number of carboxylic acid groups (broad SMARTS) is 1. The molecule has 0 heterocycles. The van der Waals surface area contributed by atoms with Gasteiger partial charge in [0, 0.05) is 12.5 Å². The van der Waals surface area contributed by atoms with Crippen molar-refractivity contribution in [2.75, 3.05) is 0 Å². The molecule has 0 aliphatic heterocycles. The number of hydrogen-bond donors (Lipinski definition) is 1. The lowest BCUT2D eigenvalue weighted by Crippen LogP contribution is -2.43. The van der Waals surface area contributed by atoms with Crippen molar-refractivity contribution in [3.63, 3.8) is 0 Å². The molecule has 1 unspecified atom stereocenters. The summed E-state index contributed by atoms with van der Waals surface area (Å²) in [6.45, 7) is 0. The Balaban J connectivity index is 2.35. The van der Waals surface area contributed by atoms with Gasteiger partial charge in [0.25, 0.3) is 0 Å². The quantitative estimate of drug-likeness (QED) is 0.857. The van der Waals surface area contributed by atoms with Gasteiger partial charge in [0.2, 0.25) is 0 Å². The molecule has 0 spiro atoms. The standard InChI is InChI=1S/C14H14F2O3/c15-10-5-9(6-11(16)7-10)8-14(13(18)19)4-2-1-3-12(14)17/h5-7H,1-4,8H2,(H,18,19). The second-order valence-corrected chi connectivity index (χ2v) is 4.97. The van der Waals surface area contributed by atoms with Crippen LogP contribution in [0.5, 0.6) is 0 Å². The van der Waals surface area contributed by atoms with Crippen molar-refractivity contribution in [3.8, 4) is 0 Å². The number of carbonyl (C=O) groups excluding carboxylic acids is 1. The average molecular weight is 268 g/mol. The van der Waals surface area contributed by atoms with E-state index in [1.54, 1.807) is 0 Å². The van der Waals surface area contributed by atoms with E-state index in [1.165, 1.54) is 0 Å². The van der Waals surface area contributed by atoms with Gasteiger partial charge in [0.15, 0.2) is 5.78 Å². The predicted octanol–water partition coefficient (Wildman–Crippen LogP) is 2.72. The number of aliphatic carboxylic acids is 1. The van der Waals surface area contributed by atoms with E-state index >= 15 is 0 Å². The summed E-state index contributed by atoms with van der Waals surface area (Å²) in [4.78, 5) is 23.4.